The molecule has 0 aromatic heterocycles. The summed E-state index contributed by atoms with van der Waals surface area (Å²) in [4.78, 5) is 0. The number of rotatable bonds is 1. The molecule has 0 heterocycles. The van der Waals surface area contributed by atoms with Gasteiger partial charge in [0.05, 0.1) is 12.1 Å². The van der Waals surface area contributed by atoms with Crippen LogP contribution in [0, 0.1) is 34.5 Å². The van der Waals surface area contributed by atoms with Gasteiger partial charge in [0.15, 0.2) is 0 Å². The van der Waals surface area contributed by atoms with Gasteiger partial charge in [0, 0.05) is 12.3 Å². The Balaban J connectivity index is 2.15. The third-order valence-electron chi connectivity index (χ3n) is 1.80. The Morgan fingerprint density at radius 2 is 2.00 bits per heavy atom. The van der Waals surface area contributed by atoms with Crippen molar-refractivity contribution in [3.05, 3.63) is 0 Å². The fourth-order valence-corrected chi connectivity index (χ4v) is 1.14. The van der Waals surface area contributed by atoms with E-state index in [0.717, 1.165) is 12.8 Å². The van der Waals surface area contributed by atoms with Crippen LogP contribution in [0.2, 0.25) is 0 Å². The van der Waals surface area contributed by atoms with Crippen molar-refractivity contribution in [2.24, 2.45) is 11.8 Å². The first kappa shape index (κ1) is 6.11. The molecule has 2 heteroatoms. The summed E-state index contributed by atoms with van der Waals surface area (Å²) in [6, 6.07) is 4.29. The highest BCUT2D eigenvalue weighted by molar-refractivity contribution is 4.96. The first-order valence-electron chi connectivity index (χ1n) is 3.13. The van der Waals surface area contributed by atoms with Gasteiger partial charge in [0.2, 0.25) is 0 Å². The van der Waals surface area contributed by atoms with E-state index >= 15 is 0 Å². The number of hydrogen-bond donors (Lipinski definition) is 0. The molecular formula is C7H8N2. The second kappa shape index (κ2) is 2.51. The first-order chi connectivity index (χ1) is 4.36. The second-order valence-electron chi connectivity index (χ2n) is 2.53. The van der Waals surface area contributed by atoms with Gasteiger partial charge in [-0.1, -0.05) is 0 Å². The van der Waals surface area contributed by atoms with E-state index in [-0.39, 0.29) is 5.92 Å². The molecule has 0 atom stereocenters. The van der Waals surface area contributed by atoms with Crippen LogP contribution < -0.4 is 0 Å². The molecule has 1 fully saturated rings. The molecule has 0 saturated heterocycles. The van der Waals surface area contributed by atoms with E-state index in [0.29, 0.717) is 12.3 Å². The maximum Gasteiger partial charge on any atom is 0.0656 e. The maximum absolute atomic E-state index is 8.34. The maximum atomic E-state index is 8.34. The Labute approximate surface area is 54.7 Å². The van der Waals surface area contributed by atoms with Crippen molar-refractivity contribution in [1.29, 1.82) is 10.5 Å². The summed E-state index contributed by atoms with van der Waals surface area (Å²) < 4.78 is 0. The van der Waals surface area contributed by atoms with E-state index in [4.69, 9.17) is 10.5 Å². The van der Waals surface area contributed by atoms with Crippen molar-refractivity contribution in [3.63, 3.8) is 0 Å². The minimum Gasteiger partial charge on any atom is -0.198 e. The van der Waals surface area contributed by atoms with Crippen LogP contribution in [-0.4, -0.2) is 0 Å². The normalized spacial score (nSPS) is 31.8. The fourth-order valence-electron chi connectivity index (χ4n) is 1.14. The quantitative estimate of drug-likeness (QED) is 0.525. The fraction of sp³-hybridized carbons (Fsp3) is 0.714. The third kappa shape index (κ3) is 1.21. The van der Waals surface area contributed by atoms with Crippen molar-refractivity contribution in [2.45, 2.75) is 19.3 Å². The molecule has 0 unspecified atom stereocenters. The van der Waals surface area contributed by atoms with Gasteiger partial charge < -0.3 is 0 Å². The lowest BCUT2D eigenvalue weighted by Crippen LogP contribution is -2.21. The van der Waals surface area contributed by atoms with Crippen LogP contribution in [-0.2, 0) is 0 Å². The van der Waals surface area contributed by atoms with E-state index in [1.165, 1.54) is 0 Å². The predicted molar refractivity (Wildman–Crippen MR) is 32.1 cm³/mol. The molecule has 1 aliphatic rings. The summed E-state index contributed by atoms with van der Waals surface area (Å²) in [5, 5.41) is 16.6. The highest BCUT2D eigenvalue weighted by Crippen LogP contribution is 2.34. The molecule has 0 aromatic carbocycles. The summed E-state index contributed by atoms with van der Waals surface area (Å²) in [7, 11) is 0. The van der Waals surface area contributed by atoms with E-state index in [2.05, 4.69) is 12.1 Å². The van der Waals surface area contributed by atoms with Crippen LogP contribution in [0.25, 0.3) is 0 Å². The van der Waals surface area contributed by atoms with Gasteiger partial charge in [0.1, 0.15) is 0 Å². The molecule has 0 spiro atoms. The van der Waals surface area contributed by atoms with E-state index in [1.807, 2.05) is 0 Å². The molecule has 9 heavy (non-hydrogen) atoms. The zero-order chi connectivity index (χ0) is 6.69. The standard InChI is InChI=1S/C7H8N2/c8-2-1-6-3-7(4-6)5-9/h6-7H,1,3-4H2/t6-,7+. The SMILES string of the molecule is N#CC[C@H]1C[C@@H](C#N)C1. The Kier molecular flexibility index (Phi) is 1.70. The molecule has 1 saturated carbocycles. The van der Waals surface area contributed by atoms with Gasteiger partial charge >= 0.3 is 0 Å². The van der Waals surface area contributed by atoms with E-state index in [9.17, 15) is 0 Å². The summed E-state index contributed by atoms with van der Waals surface area (Å²) >= 11 is 0. The number of hydrogen-bond acceptors (Lipinski definition) is 2. The molecule has 0 aliphatic heterocycles. The Bertz CT molecular complexity index is 166. The number of nitrogens with zero attached hydrogens (tertiary/aromatic N) is 2. The molecule has 46 valence electrons. The first-order valence-corrected chi connectivity index (χ1v) is 3.13. The van der Waals surface area contributed by atoms with Gasteiger partial charge in [-0.2, -0.15) is 10.5 Å². The lowest BCUT2D eigenvalue weighted by atomic mass is 9.74. The average molecular weight is 120 g/mol. The molecule has 1 aliphatic carbocycles. The summed E-state index contributed by atoms with van der Waals surface area (Å²) in [6.07, 6.45) is 2.53. The van der Waals surface area contributed by atoms with Crippen molar-refractivity contribution in [2.75, 3.05) is 0 Å². The van der Waals surface area contributed by atoms with Gasteiger partial charge in [-0.3, -0.25) is 0 Å². The van der Waals surface area contributed by atoms with Gasteiger partial charge in [0.25, 0.3) is 0 Å². The lowest BCUT2D eigenvalue weighted by molar-refractivity contribution is 0.251. The molecular weight excluding hydrogens is 112 g/mol. The predicted octanol–water partition coefficient (Wildman–Crippen LogP) is 1.45. The zero-order valence-corrected chi connectivity index (χ0v) is 5.17. The highest BCUT2D eigenvalue weighted by atomic mass is 14.4. The zero-order valence-electron chi connectivity index (χ0n) is 5.17. The average Bonchev–Trinajstić information content (AvgIpc) is 1.77. The molecule has 0 bridgehead atoms. The van der Waals surface area contributed by atoms with Gasteiger partial charge in [-0.25, -0.2) is 0 Å². The smallest absolute Gasteiger partial charge is 0.0656 e. The van der Waals surface area contributed by atoms with Crippen LogP contribution in [0.4, 0.5) is 0 Å². The Morgan fingerprint density at radius 1 is 1.33 bits per heavy atom. The van der Waals surface area contributed by atoms with Crippen LogP contribution in [0.5, 0.6) is 0 Å². The second-order valence-corrected chi connectivity index (χ2v) is 2.53. The monoisotopic (exact) mass is 120 g/mol. The van der Waals surface area contributed by atoms with Crippen LogP contribution in [0.1, 0.15) is 19.3 Å². The van der Waals surface area contributed by atoms with Crippen molar-refractivity contribution in [3.8, 4) is 12.1 Å². The summed E-state index contributed by atoms with van der Waals surface area (Å²) in [6.45, 7) is 0. The molecule has 0 aromatic rings. The minimum atomic E-state index is 0.253. The van der Waals surface area contributed by atoms with Gasteiger partial charge in [-0.05, 0) is 18.8 Å². The molecule has 0 amide bonds. The van der Waals surface area contributed by atoms with Crippen LogP contribution in [0.3, 0.4) is 0 Å². The summed E-state index contributed by atoms with van der Waals surface area (Å²) in [5.41, 5.74) is 0. The third-order valence-corrected chi connectivity index (χ3v) is 1.80. The molecule has 2 nitrogen and oxygen atoms in total. The Hall–Kier alpha value is -1.02. The largest absolute Gasteiger partial charge is 0.198 e. The number of nitriles is 2. The van der Waals surface area contributed by atoms with Crippen LogP contribution >= 0.6 is 0 Å². The van der Waals surface area contributed by atoms with Gasteiger partial charge in [-0.15, -0.1) is 0 Å². The van der Waals surface area contributed by atoms with E-state index in [1.54, 1.807) is 0 Å². The van der Waals surface area contributed by atoms with E-state index < -0.39 is 0 Å². The van der Waals surface area contributed by atoms with Crippen molar-refractivity contribution >= 4 is 0 Å². The summed E-state index contributed by atoms with van der Waals surface area (Å²) in [5.74, 6) is 0.781. The lowest BCUT2D eigenvalue weighted by Gasteiger charge is -2.27. The Morgan fingerprint density at radius 3 is 2.44 bits per heavy atom. The molecule has 0 N–H and O–H groups in total. The van der Waals surface area contributed by atoms with Crippen molar-refractivity contribution < 1.29 is 0 Å². The van der Waals surface area contributed by atoms with Crippen LogP contribution in [0.15, 0.2) is 0 Å². The minimum absolute atomic E-state index is 0.253. The topological polar surface area (TPSA) is 47.6 Å². The molecule has 0 radical (unpaired) electrons. The van der Waals surface area contributed by atoms with Crippen molar-refractivity contribution in [1.82, 2.24) is 0 Å². The molecule has 1 rings (SSSR count). The highest BCUT2D eigenvalue weighted by Gasteiger charge is 2.28.